The lowest BCUT2D eigenvalue weighted by Crippen LogP contribution is -2.49. The largest absolute Gasteiger partial charge is 0.379 e. The Labute approximate surface area is 191 Å². The van der Waals surface area contributed by atoms with Crippen LogP contribution in [0, 0.1) is 5.92 Å². The minimum Gasteiger partial charge on any atom is -0.379 e. The number of ether oxygens (including phenoxy) is 2. The van der Waals surface area contributed by atoms with E-state index < -0.39 is 0 Å². The number of benzene rings is 1. The van der Waals surface area contributed by atoms with E-state index in [-0.39, 0.29) is 0 Å². The third kappa shape index (κ3) is 10.3. The van der Waals surface area contributed by atoms with Gasteiger partial charge in [0.1, 0.15) is 0 Å². The molecule has 0 aliphatic carbocycles. The van der Waals surface area contributed by atoms with Crippen molar-refractivity contribution in [1.82, 2.24) is 9.80 Å². The van der Waals surface area contributed by atoms with Crippen LogP contribution in [0.2, 0.25) is 0 Å². The molecule has 1 aromatic rings. The van der Waals surface area contributed by atoms with Crippen LogP contribution in [-0.2, 0) is 16.0 Å². The van der Waals surface area contributed by atoms with E-state index in [2.05, 4.69) is 73.7 Å². The van der Waals surface area contributed by atoms with E-state index in [0.29, 0.717) is 19.3 Å². The van der Waals surface area contributed by atoms with Crippen LogP contribution in [0.5, 0.6) is 0 Å². The van der Waals surface area contributed by atoms with Gasteiger partial charge in [-0.05, 0) is 56.8 Å². The van der Waals surface area contributed by atoms with Crippen molar-refractivity contribution in [1.29, 1.82) is 0 Å². The summed E-state index contributed by atoms with van der Waals surface area (Å²) < 4.78 is 11.4. The second-order valence-corrected chi connectivity index (χ2v) is 9.45. The summed E-state index contributed by atoms with van der Waals surface area (Å²) in [5, 5.41) is 0. The van der Waals surface area contributed by atoms with Crippen molar-refractivity contribution in [2.75, 3.05) is 71.1 Å². The molecular weight excluding hydrogens is 386 g/mol. The van der Waals surface area contributed by atoms with E-state index in [1.807, 2.05) is 0 Å². The molecule has 178 valence electrons. The number of hydrogen-bond donors (Lipinski definition) is 0. The van der Waals surface area contributed by atoms with E-state index in [4.69, 9.17) is 9.47 Å². The van der Waals surface area contributed by atoms with Gasteiger partial charge < -0.3 is 14.4 Å². The third-order valence-electron chi connectivity index (χ3n) is 6.34. The molecule has 0 saturated carbocycles. The monoisotopic (exact) mass is 433 g/mol. The van der Waals surface area contributed by atoms with Gasteiger partial charge in [0, 0.05) is 57.6 Å². The zero-order valence-electron chi connectivity index (χ0n) is 20.8. The molecule has 0 amide bonds. The predicted octanol–water partition coefficient (Wildman–Crippen LogP) is 4.51. The van der Waals surface area contributed by atoms with Crippen LogP contribution >= 0.6 is 0 Å². The normalized spacial score (nSPS) is 16.4. The van der Waals surface area contributed by atoms with Gasteiger partial charge in [0.25, 0.3) is 0 Å². The van der Waals surface area contributed by atoms with Crippen molar-refractivity contribution in [2.24, 2.45) is 5.92 Å². The summed E-state index contributed by atoms with van der Waals surface area (Å²) in [6.07, 6.45) is 3.62. The first kappa shape index (κ1) is 26.1. The van der Waals surface area contributed by atoms with E-state index >= 15 is 0 Å². The van der Waals surface area contributed by atoms with Gasteiger partial charge in [-0.2, -0.15) is 0 Å². The maximum Gasteiger partial charge on any atom is 0.0701 e. The molecular formula is C26H47N3O2. The Bertz CT molecular complexity index is 571. The molecule has 1 heterocycles. The molecule has 5 heteroatoms. The number of anilines is 1. The van der Waals surface area contributed by atoms with Gasteiger partial charge in [0.05, 0.1) is 19.8 Å². The SMILES string of the molecule is CCC(C)N1CCN(c2ccc(CN(C)CCOCCOCCCC(C)C)cc2)CC1. The Morgan fingerprint density at radius 1 is 0.903 bits per heavy atom. The van der Waals surface area contributed by atoms with Gasteiger partial charge in [-0.1, -0.05) is 32.9 Å². The lowest BCUT2D eigenvalue weighted by atomic mass is 10.1. The number of nitrogens with zero attached hydrogens (tertiary/aromatic N) is 3. The van der Waals surface area contributed by atoms with Gasteiger partial charge in [-0.25, -0.2) is 0 Å². The number of rotatable bonds is 15. The smallest absolute Gasteiger partial charge is 0.0701 e. The van der Waals surface area contributed by atoms with Crippen molar-refractivity contribution in [3.63, 3.8) is 0 Å². The molecule has 1 unspecified atom stereocenters. The van der Waals surface area contributed by atoms with Gasteiger partial charge in [-0.3, -0.25) is 9.80 Å². The first-order valence-electron chi connectivity index (χ1n) is 12.4. The van der Waals surface area contributed by atoms with Crippen molar-refractivity contribution in [3.8, 4) is 0 Å². The second-order valence-electron chi connectivity index (χ2n) is 9.45. The number of piperazine rings is 1. The Kier molecular flexibility index (Phi) is 12.5. The van der Waals surface area contributed by atoms with Crippen molar-refractivity contribution in [2.45, 2.75) is 59.5 Å². The summed E-state index contributed by atoms with van der Waals surface area (Å²) in [6.45, 7) is 18.6. The molecule has 31 heavy (non-hydrogen) atoms. The summed E-state index contributed by atoms with van der Waals surface area (Å²) in [4.78, 5) is 7.45. The van der Waals surface area contributed by atoms with Crippen LogP contribution in [0.3, 0.4) is 0 Å². The average Bonchev–Trinajstić information content (AvgIpc) is 2.78. The molecule has 0 radical (unpaired) electrons. The summed E-state index contributed by atoms with van der Waals surface area (Å²) in [5.41, 5.74) is 2.71. The Morgan fingerprint density at radius 2 is 1.55 bits per heavy atom. The molecule has 1 aliphatic heterocycles. The maximum absolute atomic E-state index is 5.72. The van der Waals surface area contributed by atoms with Crippen LogP contribution in [-0.4, -0.2) is 82.0 Å². The topological polar surface area (TPSA) is 28.2 Å². The molecule has 1 saturated heterocycles. The summed E-state index contributed by atoms with van der Waals surface area (Å²) in [7, 11) is 2.16. The van der Waals surface area contributed by atoms with Crippen LogP contribution < -0.4 is 4.90 Å². The van der Waals surface area contributed by atoms with Gasteiger partial charge in [0.2, 0.25) is 0 Å². The van der Waals surface area contributed by atoms with Crippen LogP contribution in [0.1, 0.15) is 52.5 Å². The average molecular weight is 434 g/mol. The zero-order valence-corrected chi connectivity index (χ0v) is 20.8. The van der Waals surface area contributed by atoms with Crippen molar-refractivity contribution in [3.05, 3.63) is 29.8 Å². The first-order chi connectivity index (χ1) is 15.0. The summed E-state index contributed by atoms with van der Waals surface area (Å²) >= 11 is 0. The minimum atomic E-state index is 0.689. The van der Waals surface area contributed by atoms with Crippen molar-refractivity contribution < 1.29 is 9.47 Å². The van der Waals surface area contributed by atoms with Gasteiger partial charge in [0.15, 0.2) is 0 Å². The van der Waals surface area contributed by atoms with E-state index in [0.717, 1.165) is 51.7 Å². The second kappa shape index (κ2) is 14.8. The predicted molar refractivity (Wildman–Crippen MR) is 132 cm³/mol. The summed E-state index contributed by atoms with van der Waals surface area (Å²) in [6, 6.07) is 9.83. The fourth-order valence-electron chi connectivity index (χ4n) is 4.02. The number of hydrogen-bond acceptors (Lipinski definition) is 5. The fraction of sp³-hybridized carbons (Fsp3) is 0.769. The van der Waals surface area contributed by atoms with Crippen molar-refractivity contribution >= 4 is 5.69 Å². The molecule has 1 atom stereocenters. The van der Waals surface area contributed by atoms with Crippen LogP contribution in [0.4, 0.5) is 5.69 Å². The zero-order chi connectivity index (χ0) is 22.5. The Hall–Kier alpha value is -1.14. The van der Waals surface area contributed by atoms with Gasteiger partial charge >= 0.3 is 0 Å². The molecule has 0 N–H and O–H groups in total. The maximum atomic E-state index is 5.72. The Morgan fingerprint density at radius 3 is 2.16 bits per heavy atom. The van der Waals surface area contributed by atoms with Crippen LogP contribution in [0.15, 0.2) is 24.3 Å². The highest BCUT2D eigenvalue weighted by molar-refractivity contribution is 5.48. The van der Waals surface area contributed by atoms with Crippen LogP contribution in [0.25, 0.3) is 0 Å². The quantitative estimate of drug-likeness (QED) is 0.380. The lowest BCUT2D eigenvalue weighted by Gasteiger charge is -2.39. The van der Waals surface area contributed by atoms with E-state index in [1.165, 1.54) is 37.2 Å². The number of likely N-dealkylation sites (N-methyl/N-ethyl adjacent to an activating group) is 1. The lowest BCUT2D eigenvalue weighted by molar-refractivity contribution is 0.0385. The van der Waals surface area contributed by atoms with E-state index in [9.17, 15) is 0 Å². The Balaban J connectivity index is 1.57. The van der Waals surface area contributed by atoms with Gasteiger partial charge in [-0.15, -0.1) is 0 Å². The van der Waals surface area contributed by atoms with E-state index in [1.54, 1.807) is 0 Å². The standard InChI is InChI=1S/C26H47N3O2/c1-6-24(4)28-13-15-29(16-14-28)26-11-9-25(10-12-26)22-27(5)17-19-31-21-20-30-18-7-8-23(2)3/h9-12,23-24H,6-8,13-22H2,1-5H3. The molecule has 0 bridgehead atoms. The molecule has 1 fully saturated rings. The first-order valence-corrected chi connectivity index (χ1v) is 12.4. The molecule has 5 nitrogen and oxygen atoms in total. The third-order valence-corrected chi connectivity index (χ3v) is 6.34. The molecule has 0 aromatic heterocycles. The highest BCUT2D eigenvalue weighted by Gasteiger charge is 2.20. The fourth-order valence-corrected chi connectivity index (χ4v) is 4.02. The molecule has 2 rings (SSSR count). The minimum absolute atomic E-state index is 0.689. The molecule has 0 spiro atoms. The summed E-state index contributed by atoms with van der Waals surface area (Å²) in [5.74, 6) is 0.761. The molecule has 1 aliphatic rings. The highest BCUT2D eigenvalue weighted by Crippen LogP contribution is 2.19. The molecule has 1 aromatic carbocycles. The highest BCUT2D eigenvalue weighted by atomic mass is 16.5.